The van der Waals surface area contributed by atoms with E-state index in [2.05, 4.69) is 34.5 Å². The van der Waals surface area contributed by atoms with E-state index < -0.39 is 0 Å². The molecular weight excluding hydrogens is 332 g/mol. The summed E-state index contributed by atoms with van der Waals surface area (Å²) in [6, 6.07) is 0. The smallest absolute Gasteiger partial charge is 0.353 e. The van der Waals surface area contributed by atoms with Crippen LogP contribution in [0.1, 0.15) is 62.8 Å². The van der Waals surface area contributed by atoms with Crippen molar-refractivity contribution in [3.8, 4) is 0 Å². The van der Waals surface area contributed by atoms with E-state index in [1.165, 1.54) is 51.4 Å². The highest BCUT2D eigenvalue weighted by atomic mass is 32.2. The maximum atomic E-state index is 5.32. The molecule has 2 heterocycles. The summed E-state index contributed by atoms with van der Waals surface area (Å²) in [7, 11) is 0. The highest BCUT2D eigenvalue weighted by Gasteiger charge is 2.67. The Bertz CT molecular complexity index is 697. The van der Waals surface area contributed by atoms with Crippen molar-refractivity contribution < 1.29 is 18.8 Å². The zero-order chi connectivity index (χ0) is 16.5. The molecule has 6 rings (SSSR count). The molecule has 2 aromatic heterocycles. The molecular formula is C20H22N2O2S+2. The molecule has 0 N–H and O–H groups in total. The average Bonchev–Trinajstić information content (AvgIpc) is 3.47. The van der Waals surface area contributed by atoms with Gasteiger partial charge in [-0.15, -0.1) is 11.8 Å². The van der Waals surface area contributed by atoms with Crippen molar-refractivity contribution in [3.63, 3.8) is 0 Å². The van der Waals surface area contributed by atoms with Crippen molar-refractivity contribution in [2.45, 2.75) is 60.9 Å². The molecule has 0 amide bonds. The van der Waals surface area contributed by atoms with Crippen LogP contribution in [0, 0.1) is 36.5 Å². The van der Waals surface area contributed by atoms with Crippen LogP contribution in [0.3, 0.4) is 0 Å². The van der Waals surface area contributed by atoms with E-state index in [1.807, 2.05) is 12.5 Å². The molecule has 6 atom stereocenters. The highest BCUT2D eigenvalue weighted by molar-refractivity contribution is 8.01. The molecule has 4 fully saturated rings. The number of rotatable bonds is 4. The predicted octanol–water partition coefficient (Wildman–Crippen LogP) is 3.14. The van der Waals surface area contributed by atoms with Gasteiger partial charge in [-0.1, -0.05) is 12.8 Å². The molecule has 4 saturated carbocycles. The lowest BCUT2D eigenvalue weighted by atomic mass is 9.84. The molecule has 2 aromatic rings. The zero-order valence-electron chi connectivity index (χ0n) is 14.2. The van der Waals surface area contributed by atoms with E-state index in [4.69, 9.17) is 8.83 Å². The van der Waals surface area contributed by atoms with Gasteiger partial charge in [-0.2, -0.15) is 0 Å². The molecule has 0 radical (unpaired) electrons. The molecule has 0 aliphatic heterocycles. The molecule has 25 heavy (non-hydrogen) atoms. The van der Waals surface area contributed by atoms with Crippen molar-refractivity contribution in [2.24, 2.45) is 23.7 Å². The van der Waals surface area contributed by atoms with Crippen molar-refractivity contribution in [1.82, 2.24) is 0 Å². The van der Waals surface area contributed by atoms with Gasteiger partial charge in [-0.05, 0) is 62.2 Å². The Hall–Kier alpha value is -1.59. The van der Waals surface area contributed by atoms with E-state index in [1.54, 1.807) is 0 Å². The van der Waals surface area contributed by atoms with E-state index in [0.29, 0.717) is 11.8 Å². The maximum Gasteiger partial charge on any atom is 0.528 e. The first-order chi connectivity index (χ1) is 12.3. The summed E-state index contributed by atoms with van der Waals surface area (Å²) in [4.78, 5) is 9.08. The summed E-state index contributed by atoms with van der Waals surface area (Å²) < 4.78 is 10.8. The lowest BCUT2D eigenvalue weighted by Gasteiger charge is -2.40. The number of aromatic nitrogens is 2. The lowest BCUT2D eigenvalue weighted by molar-refractivity contribution is -0.317. The number of fused-ring (bicyclic) bond motifs is 4. The first-order valence-electron chi connectivity index (χ1n) is 9.63. The van der Waals surface area contributed by atoms with Gasteiger partial charge in [0.05, 0.1) is 0 Å². The minimum absolute atomic E-state index is 0.0653. The van der Waals surface area contributed by atoms with Gasteiger partial charge in [0.2, 0.25) is 0 Å². The quantitative estimate of drug-likeness (QED) is 0.844. The fraction of sp³-hybridized carbons (Fsp3) is 0.700. The van der Waals surface area contributed by atoms with Gasteiger partial charge in [0.25, 0.3) is 0 Å². The average molecular weight is 354 g/mol. The van der Waals surface area contributed by atoms with Gasteiger partial charge in [0.1, 0.15) is 9.49 Å². The molecule has 0 saturated heterocycles. The largest absolute Gasteiger partial charge is 0.528 e. The molecule has 0 aromatic carbocycles. The summed E-state index contributed by atoms with van der Waals surface area (Å²) in [5, 5.41) is 0. The first kappa shape index (κ1) is 14.6. The van der Waals surface area contributed by atoms with Crippen molar-refractivity contribution in [3.05, 3.63) is 36.7 Å². The predicted molar refractivity (Wildman–Crippen MR) is 88.1 cm³/mol. The summed E-state index contributed by atoms with van der Waals surface area (Å²) in [6.07, 6.45) is 19.7. The third-order valence-corrected chi connectivity index (χ3v) is 9.74. The van der Waals surface area contributed by atoms with Gasteiger partial charge in [0.15, 0.2) is 12.5 Å². The third-order valence-electron chi connectivity index (χ3n) is 7.60. The number of thioether (sulfide) groups is 1. The SMILES string of the molecule is c1occ(C2(SC3(c4coc#[n+]4)CC4CCC3C4)CC3CCC2C3)[n+]#1. The fourth-order valence-corrected chi connectivity index (χ4v) is 9.07. The van der Waals surface area contributed by atoms with Gasteiger partial charge >= 0.3 is 24.2 Å². The second-order valence-corrected chi connectivity index (χ2v) is 10.4. The van der Waals surface area contributed by atoms with Crippen LogP contribution in [0.25, 0.3) is 0 Å². The van der Waals surface area contributed by atoms with Crippen LogP contribution in [0.2, 0.25) is 0 Å². The molecule has 5 heteroatoms. The first-order valence-corrected chi connectivity index (χ1v) is 10.4. The zero-order valence-corrected chi connectivity index (χ0v) is 15.1. The molecule has 4 nitrogen and oxygen atoms in total. The van der Waals surface area contributed by atoms with Gasteiger partial charge in [-0.3, -0.25) is 0 Å². The summed E-state index contributed by atoms with van der Waals surface area (Å²) in [5.41, 5.74) is 2.22. The van der Waals surface area contributed by atoms with Crippen LogP contribution < -0.4 is 9.97 Å². The summed E-state index contributed by atoms with van der Waals surface area (Å²) in [6.45, 7) is 0. The van der Waals surface area contributed by atoms with E-state index in [0.717, 1.165) is 23.2 Å². The van der Waals surface area contributed by atoms with Gasteiger partial charge in [-0.25, -0.2) is 0 Å². The lowest BCUT2D eigenvalue weighted by Crippen LogP contribution is -2.42. The molecule has 4 aliphatic carbocycles. The summed E-state index contributed by atoms with van der Waals surface area (Å²) in [5.74, 6) is 3.09. The maximum absolute atomic E-state index is 5.32. The van der Waals surface area contributed by atoms with Crippen LogP contribution in [0.5, 0.6) is 0 Å². The van der Waals surface area contributed by atoms with Crippen LogP contribution in [0.4, 0.5) is 0 Å². The Morgan fingerprint density at radius 1 is 0.840 bits per heavy atom. The van der Waals surface area contributed by atoms with Gasteiger partial charge in [0, 0.05) is 9.97 Å². The molecule has 0 spiro atoms. The Morgan fingerprint density at radius 2 is 1.36 bits per heavy atom. The second-order valence-electron chi connectivity index (χ2n) is 8.69. The topological polar surface area (TPSA) is 54.5 Å². The molecule has 4 aliphatic rings. The van der Waals surface area contributed by atoms with Crippen LogP contribution in [-0.2, 0) is 9.49 Å². The van der Waals surface area contributed by atoms with Crippen LogP contribution in [0.15, 0.2) is 21.4 Å². The standard InChI is InChI=1S/C20H22N2O2S/c1-3-15-5-13(1)7-19(15,17-9-23-11-21-17)25-20(18-10-24-12-22-18)8-14-2-4-16(20)6-14/h9-10,13-16H,1-8H2/q+2. The third kappa shape index (κ3) is 1.88. The molecule has 6 unspecified atom stereocenters. The minimum atomic E-state index is 0.0653. The van der Waals surface area contributed by atoms with E-state index >= 15 is 0 Å². The normalized spacial score (nSPS) is 44.2. The second kappa shape index (κ2) is 4.98. The fourth-order valence-electron chi connectivity index (χ4n) is 6.62. The summed E-state index contributed by atoms with van der Waals surface area (Å²) >= 11 is 2.17. The van der Waals surface area contributed by atoms with E-state index in [9.17, 15) is 0 Å². The Morgan fingerprint density at radius 3 is 1.68 bits per heavy atom. The van der Waals surface area contributed by atoms with Gasteiger partial charge < -0.3 is 8.83 Å². The number of nitrogens with zero attached hydrogens (tertiary/aromatic N) is 2. The van der Waals surface area contributed by atoms with Crippen molar-refractivity contribution >= 4 is 11.8 Å². The number of hydrogen-bond donors (Lipinski definition) is 0. The van der Waals surface area contributed by atoms with Crippen molar-refractivity contribution in [1.29, 1.82) is 0 Å². The monoisotopic (exact) mass is 354 g/mol. The Labute approximate surface area is 152 Å². The Kier molecular flexibility index (Phi) is 2.90. The Balaban J connectivity index is 1.47. The molecule has 4 bridgehead atoms. The molecule has 128 valence electrons. The van der Waals surface area contributed by atoms with Crippen LogP contribution >= 0.6 is 11.8 Å². The highest BCUT2D eigenvalue weighted by Crippen LogP contribution is 2.71. The minimum Gasteiger partial charge on any atom is -0.353 e. The number of hydrogen-bond acceptors (Lipinski definition) is 3. The van der Waals surface area contributed by atoms with Crippen molar-refractivity contribution in [2.75, 3.05) is 0 Å². The van der Waals surface area contributed by atoms with E-state index in [-0.39, 0.29) is 9.49 Å². The van der Waals surface area contributed by atoms with Crippen LogP contribution in [-0.4, -0.2) is 0 Å².